The summed E-state index contributed by atoms with van der Waals surface area (Å²) in [4.78, 5) is 53.0. The largest absolute Gasteiger partial charge is 0.491 e. The molecule has 1 fully saturated rings. The van der Waals surface area contributed by atoms with Crippen LogP contribution >= 0.6 is 0 Å². The number of para-hydroxylation sites is 1. The summed E-state index contributed by atoms with van der Waals surface area (Å²) >= 11 is 0. The monoisotopic (exact) mass is 472 g/mol. The van der Waals surface area contributed by atoms with E-state index in [1.54, 1.807) is 31.2 Å². The predicted molar refractivity (Wildman–Crippen MR) is 127 cm³/mol. The lowest BCUT2D eigenvalue weighted by Gasteiger charge is -2.25. The van der Waals surface area contributed by atoms with Gasteiger partial charge in [-0.3, -0.25) is 19.2 Å². The molecule has 1 aliphatic heterocycles. The van der Waals surface area contributed by atoms with E-state index >= 15 is 0 Å². The Morgan fingerprint density at radius 3 is 2.56 bits per heavy atom. The van der Waals surface area contributed by atoms with Crippen LogP contribution in [0.2, 0.25) is 0 Å². The Labute approximate surface area is 201 Å². The second kappa shape index (κ2) is 11.9. The number of likely N-dealkylation sites (N-methyl/N-ethyl adjacent to an activating group) is 1. The molecule has 34 heavy (non-hydrogen) atoms. The van der Waals surface area contributed by atoms with Crippen molar-refractivity contribution in [3.05, 3.63) is 29.8 Å². The Balaban J connectivity index is 1.85. The Morgan fingerprint density at radius 2 is 1.88 bits per heavy atom. The highest BCUT2D eigenvalue weighted by Crippen LogP contribution is 2.27. The van der Waals surface area contributed by atoms with E-state index in [9.17, 15) is 19.2 Å². The number of ether oxygens (including phenoxy) is 1. The summed E-state index contributed by atoms with van der Waals surface area (Å²) in [6.07, 6.45) is 2.35. The fourth-order valence-electron chi connectivity index (χ4n) is 3.78. The average Bonchev–Trinajstić information content (AvgIpc) is 3.65. The first-order valence-electron chi connectivity index (χ1n) is 12.2. The minimum Gasteiger partial charge on any atom is -0.491 e. The van der Waals surface area contributed by atoms with Crippen molar-refractivity contribution in [3.63, 3.8) is 0 Å². The van der Waals surface area contributed by atoms with E-state index in [-0.39, 0.29) is 55.7 Å². The molecule has 0 saturated heterocycles. The van der Waals surface area contributed by atoms with Gasteiger partial charge in [-0.1, -0.05) is 26.0 Å². The normalized spacial score (nSPS) is 22.6. The zero-order chi connectivity index (χ0) is 24.7. The molecule has 3 rings (SSSR count). The fraction of sp³-hybridized carbons (Fsp3) is 0.600. The number of rotatable bonds is 5. The van der Waals surface area contributed by atoms with Gasteiger partial charge in [-0.25, -0.2) is 0 Å². The van der Waals surface area contributed by atoms with Gasteiger partial charge in [0.1, 0.15) is 18.4 Å². The molecule has 9 heteroatoms. The van der Waals surface area contributed by atoms with Gasteiger partial charge in [-0.05, 0) is 50.2 Å². The Bertz CT molecular complexity index is 899. The van der Waals surface area contributed by atoms with E-state index < -0.39 is 11.9 Å². The van der Waals surface area contributed by atoms with Crippen molar-refractivity contribution in [1.82, 2.24) is 20.9 Å². The van der Waals surface area contributed by atoms with Gasteiger partial charge in [0.25, 0.3) is 5.91 Å². The molecule has 2 atom stereocenters. The number of benzene rings is 1. The van der Waals surface area contributed by atoms with E-state index in [1.165, 1.54) is 4.90 Å². The number of fused-ring (bicyclic) bond motifs is 1. The second-order valence-corrected chi connectivity index (χ2v) is 9.39. The number of nitrogens with one attached hydrogen (secondary N) is 3. The summed E-state index contributed by atoms with van der Waals surface area (Å²) < 4.78 is 5.96. The maximum atomic E-state index is 13.1. The van der Waals surface area contributed by atoms with Crippen molar-refractivity contribution >= 4 is 23.6 Å². The van der Waals surface area contributed by atoms with E-state index in [2.05, 4.69) is 16.0 Å². The highest BCUT2D eigenvalue weighted by atomic mass is 16.5. The minimum absolute atomic E-state index is 0.0364. The van der Waals surface area contributed by atoms with Crippen molar-refractivity contribution in [2.24, 2.45) is 11.8 Å². The van der Waals surface area contributed by atoms with Gasteiger partial charge in [-0.2, -0.15) is 0 Å². The molecule has 0 unspecified atom stereocenters. The molecule has 2 aliphatic rings. The predicted octanol–water partition coefficient (Wildman–Crippen LogP) is 1.47. The van der Waals surface area contributed by atoms with Gasteiger partial charge < -0.3 is 25.6 Å². The number of carbonyl (C=O) groups excluding carboxylic acids is 4. The maximum absolute atomic E-state index is 13.1. The van der Waals surface area contributed by atoms with Gasteiger partial charge in [0, 0.05) is 19.5 Å². The van der Waals surface area contributed by atoms with Crippen LogP contribution in [-0.4, -0.2) is 66.9 Å². The van der Waals surface area contributed by atoms with Gasteiger partial charge in [0.2, 0.25) is 17.7 Å². The molecular formula is C25H36N4O5. The first-order chi connectivity index (χ1) is 16.3. The van der Waals surface area contributed by atoms with Gasteiger partial charge in [-0.15, -0.1) is 0 Å². The molecule has 0 bridgehead atoms. The Morgan fingerprint density at radius 1 is 1.15 bits per heavy atom. The third kappa shape index (κ3) is 7.20. The van der Waals surface area contributed by atoms with Crippen LogP contribution in [0.3, 0.4) is 0 Å². The molecular weight excluding hydrogens is 436 g/mol. The third-order valence-corrected chi connectivity index (χ3v) is 6.30. The highest BCUT2D eigenvalue weighted by molar-refractivity contribution is 5.99. The van der Waals surface area contributed by atoms with Crippen molar-refractivity contribution < 1.29 is 23.9 Å². The average molecular weight is 473 g/mol. The zero-order valence-corrected chi connectivity index (χ0v) is 20.3. The standard InChI is InChI=1S/C25H36N4O5/c1-4-29-14-22(30)27-20(16(2)3)15-34-21-8-6-5-7-18(21)24(32)28-19(11-12-23(29)31)25(33)26-13-17-9-10-17/h5-8,16-17,19-20H,4,9-15H2,1-3H3,(H,26,33)(H,27,30)(H,28,32)/t19-,20+/m0/s1. The van der Waals surface area contributed by atoms with Crippen molar-refractivity contribution in [2.45, 2.75) is 58.5 Å². The molecule has 1 aromatic carbocycles. The molecule has 9 nitrogen and oxygen atoms in total. The number of nitrogens with zero attached hydrogens (tertiary/aromatic N) is 1. The van der Waals surface area contributed by atoms with E-state index in [4.69, 9.17) is 4.74 Å². The minimum atomic E-state index is -0.871. The van der Waals surface area contributed by atoms with Crippen LogP contribution in [0.1, 0.15) is 56.8 Å². The Kier molecular flexibility index (Phi) is 8.90. The number of carbonyl (C=O) groups is 4. The van der Waals surface area contributed by atoms with Crippen molar-refractivity contribution in [1.29, 1.82) is 0 Å². The van der Waals surface area contributed by atoms with Crippen LogP contribution in [0.5, 0.6) is 5.75 Å². The summed E-state index contributed by atoms with van der Waals surface area (Å²) in [5, 5.41) is 8.64. The van der Waals surface area contributed by atoms with Crippen molar-refractivity contribution in [2.75, 3.05) is 26.2 Å². The second-order valence-electron chi connectivity index (χ2n) is 9.39. The van der Waals surface area contributed by atoms with Crippen LogP contribution in [0.25, 0.3) is 0 Å². The Hall–Kier alpha value is -3.10. The lowest BCUT2D eigenvalue weighted by atomic mass is 10.1. The molecule has 0 spiro atoms. The molecule has 1 aliphatic carbocycles. The third-order valence-electron chi connectivity index (χ3n) is 6.30. The van der Waals surface area contributed by atoms with Crippen LogP contribution in [0.4, 0.5) is 0 Å². The molecule has 4 amide bonds. The molecule has 1 saturated carbocycles. The summed E-state index contributed by atoms with van der Waals surface area (Å²) in [5.41, 5.74) is 0.299. The van der Waals surface area contributed by atoms with E-state index in [0.29, 0.717) is 30.3 Å². The van der Waals surface area contributed by atoms with Crippen LogP contribution in [0, 0.1) is 11.8 Å². The van der Waals surface area contributed by atoms with Crippen LogP contribution in [0.15, 0.2) is 24.3 Å². The number of hydrogen-bond acceptors (Lipinski definition) is 5. The molecule has 1 heterocycles. The van der Waals surface area contributed by atoms with Gasteiger partial charge >= 0.3 is 0 Å². The molecule has 0 radical (unpaired) electrons. The smallest absolute Gasteiger partial charge is 0.255 e. The van der Waals surface area contributed by atoms with Crippen molar-refractivity contribution in [3.8, 4) is 5.75 Å². The SMILES string of the molecule is CCN1CC(=O)N[C@@H](C(C)C)COc2ccccc2C(=O)N[C@H](C(=O)NCC2CC2)CCC1=O. The fourth-order valence-corrected chi connectivity index (χ4v) is 3.78. The lowest BCUT2D eigenvalue weighted by molar-refractivity contribution is -0.136. The maximum Gasteiger partial charge on any atom is 0.255 e. The molecule has 1 aromatic rings. The first-order valence-corrected chi connectivity index (χ1v) is 12.2. The number of amides is 4. The lowest BCUT2D eigenvalue weighted by Crippen LogP contribution is -2.49. The quantitative estimate of drug-likeness (QED) is 0.600. The molecule has 3 N–H and O–H groups in total. The van der Waals surface area contributed by atoms with Crippen LogP contribution < -0.4 is 20.7 Å². The van der Waals surface area contributed by atoms with Crippen LogP contribution in [-0.2, 0) is 14.4 Å². The van der Waals surface area contributed by atoms with E-state index in [1.807, 2.05) is 13.8 Å². The summed E-state index contributed by atoms with van der Waals surface area (Å²) in [7, 11) is 0. The van der Waals surface area contributed by atoms with Gasteiger partial charge in [0.05, 0.1) is 18.2 Å². The van der Waals surface area contributed by atoms with E-state index in [0.717, 1.165) is 12.8 Å². The van der Waals surface area contributed by atoms with Gasteiger partial charge in [0.15, 0.2) is 0 Å². The highest BCUT2D eigenvalue weighted by Gasteiger charge is 2.29. The summed E-state index contributed by atoms with van der Waals surface area (Å²) in [6.45, 7) is 6.77. The first kappa shape index (κ1) is 25.5. The number of hydrogen-bond donors (Lipinski definition) is 3. The summed E-state index contributed by atoms with van der Waals surface area (Å²) in [5.74, 6) is -0.323. The topological polar surface area (TPSA) is 117 Å². The molecule has 0 aromatic heterocycles. The molecule has 186 valence electrons. The zero-order valence-electron chi connectivity index (χ0n) is 20.3. The summed E-state index contributed by atoms with van der Waals surface area (Å²) in [6, 6.07) is 5.64.